The van der Waals surface area contributed by atoms with Crippen LogP contribution in [0.25, 0.3) is 0 Å². The van der Waals surface area contributed by atoms with Gasteiger partial charge in [-0.05, 0) is 31.2 Å². The van der Waals surface area contributed by atoms with Crippen molar-refractivity contribution in [3.8, 4) is 5.75 Å². The largest absolute Gasteiger partial charge is 0.493 e. The van der Waals surface area contributed by atoms with Crippen LogP contribution in [0, 0.1) is 0 Å². The molecule has 0 amide bonds. The molecule has 1 heterocycles. The van der Waals surface area contributed by atoms with Crippen molar-refractivity contribution in [3.63, 3.8) is 0 Å². The van der Waals surface area contributed by atoms with Crippen molar-refractivity contribution in [1.29, 1.82) is 0 Å². The minimum atomic E-state index is -0.567. The molecule has 0 aromatic heterocycles. The summed E-state index contributed by atoms with van der Waals surface area (Å²) in [5, 5.41) is 10.1. The molecule has 2 aliphatic rings. The fraction of sp³-hybridized carbons (Fsp3) is 0.500. The van der Waals surface area contributed by atoms with Crippen LogP contribution in [0.5, 0.6) is 5.75 Å². The predicted octanol–water partition coefficient (Wildman–Crippen LogP) is 1.99. The molecular weight excluding hydrogens is 176 g/mol. The van der Waals surface area contributed by atoms with Crippen molar-refractivity contribution in [2.75, 3.05) is 6.61 Å². The molecule has 2 nitrogen and oxygen atoms in total. The summed E-state index contributed by atoms with van der Waals surface area (Å²) in [7, 11) is 0. The van der Waals surface area contributed by atoms with Crippen molar-refractivity contribution in [1.82, 2.24) is 0 Å². The molecule has 0 unspecified atom stereocenters. The molecule has 1 aliphatic carbocycles. The van der Waals surface area contributed by atoms with Crippen molar-refractivity contribution in [2.45, 2.75) is 31.3 Å². The summed E-state index contributed by atoms with van der Waals surface area (Å²) in [5.74, 6) is 0.957. The Labute approximate surface area is 83.5 Å². The standard InChI is InChI=1S/C12H14O2/c13-12(6-7-12)10-5-1-3-9-4-2-8-14-11(9)10/h1,3,5,13H,2,4,6-8H2. The molecule has 74 valence electrons. The fourth-order valence-corrected chi connectivity index (χ4v) is 2.14. The Bertz CT molecular complexity index is 367. The number of para-hydroxylation sites is 1. The van der Waals surface area contributed by atoms with Crippen LogP contribution in [0.1, 0.15) is 30.4 Å². The van der Waals surface area contributed by atoms with Gasteiger partial charge in [0.2, 0.25) is 0 Å². The van der Waals surface area contributed by atoms with E-state index in [2.05, 4.69) is 6.07 Å². The average Bonchev–Trinajstić information content (AvgIpc) is 2.97. The van der Waals surface area contributed by atoms with Crippen LogP contribution >= 0.6 is 0 Å². The van der Waals surface area contributed by atoms with Crippen LogP contribution in [0.2, 0.25) is 0 Å². The zero-order chi connectivity index (χ0) is 9.60. The SMILES string of the molecule is OC1(c2cccc3c2OCCC3)CC1. The maximum Gasteiger partial charge on any atom is 0.128 e. The van der Waals surface area contributed by atoms with E-state index in [1.807, 2.05) is 12.1 Å². The van der Waals surface area contributed by atoms with Crippen LogP contribution in [-0.2, 0) is 12.0 Å². The highest BCUT2D eigenvalue weighted by Crippen LogP contribution is 2.50. The number of rotatable bonds is 1. The molecule has 0 saturated heterocycles. The first-order valence-corrected chi connectivity index (χ1v) is 5.27. The molecule has 1 saturated carbocycles. The van der Waals surface area contributed by atoms with E-state index in [4.69, 9.17) is 4.74 Å². The number of aryl methyl sites for hydroxylation is 1. The van der Waals surface area contributed by atoms with Gasteiger partial charge >= 0.3 is 0 Å². The maximum atomic E-state index is 10.1. The summed E-state index contributed by atoms with van der Waals surface area (Å²) in [4.78, 5) is 0. The van der Waals surface area contributed by atoms with Gasteiger partial charge < -0.3 is 9.84 Å². The third-order valence-corrected chi connectivity index (χ3v) is 3.16. The molecule has 0 radical (unpaired) electrons. The lowest BCUT2D eigenvalue weighted by atomic mass is 9.98. The van der Waals surface area contributed by atoms with Crippen molar-refractivity contribution in [3.05, 3.63) is 29.3 Å². The van der Waals surface area contributed by atoms with Gasteiger partial charge in [0.05, 0.1) is 12.2 Å². The Kier molecular flexibility index (Phi) is 1.62. The van der Waals surface area contributed by atoms with E-state index >= 15 is 0 Å². The molecule has 1 aromatic rings. The second-order valence-corrected chi connectivity index (χ2v) is 4.28. The first-order valence-electron chi connectivity index (χ1n) is 5.27. The van der Waals surface area contributed by atoms with Gasteiger partial charge in [-0.2, -0.15) is 0 Å². The van der Waals surface area contributed by atoms with Gasteiger partial charge in [-0.1, -0.05) is 18.2 Å². The zero-order valence-corrected chi connectivity index (χ0v) is 8.12. The highest BCUT2D eigenvalue weighted by atomic mass is 16.5. The fourth-order valence-electron chi connectivity index (χ4n) is 2.14. The Morgan fingerprint density at radius 3 is 2.93 bits per heavy atom. The molecule has 14 heavy (non-hydrogen) atoms. The van der Waals surface area contributed by atoms with Crippen LogP contribution in [0.4, 0.5) is 0 Å². The molecule has 0 spiro atoms. The van der Waals surface area contributed by atoms with Gasteiger partial charge in [0, 0.05) is 5.56 Å². The first kappa shape index (κ1) is 8.30. The predicted molar refractivity (Wildman–Crippen MR) is 53.4 cm³/mol. The zero-order valence-electron chi connectivity index (χ0n) is 8.12. The average molecular weight is 190 g/mol. The van der Waals surface area contributed by atoms with E-state index < -0.39 is 5.60 Å². The van der Waals surface area contributed by atoms with Crippen LogP contribution < -0.4 is 4.74 Å². The molecule has 1 fully saturated rings. The molecule has 3 rings (SSSR count). The first-order chi connectivity index (χ1) is 6.80. The van der Waals surface area contributed by atoms with Crippen molar-refractivity contribution < 1.29 is 9.84 Å². The summed E-state index contributed by atoms with van der Waals surface area (Å²) in [6.45, 7) is 0.792. The molecule has 1 N–H and O–H groups in total. The molecule has 0 bridgehead atoms. The Morgan fingerprint density at radius 2 is 2.14 bits per heavy atom. The molecule has 2 heteroatoms. The van der Waals surface area contributed by atoms with Gasteiger partial charge in [-0.15, -0.1) is 0 Å². The second kappa shape index (κ2) is 2.74. The van der Waals surface area contributed by atoms with Gasteiger partial charge in [0.15, 0.2) is 0 Å². The Morgan fingerprint density at radius 1 is 1.29 bits per heavy atom. The summed E-state index contributed by atoms with van der Waals surface area (Å²) in [6.07, 6.45) is 3.94. The normalized spacial score (nSPS) is 22.4. The van der Waals surface area contributed by atoms with Gasteiger partial charge in [-0.25, -0.2) is 0 Å². The smallest absolute Gasteiger partial charge is 0.128 e. The van der Waals surface area contributed by atoms with E-state index in [0.29, 0.717) is 0 Å². The number of ether oxygens (including phenoxy) is 1. The number of benzene rings is 1. The summed E-state index contributed by atoms with van der Waals surface area (Å²) in [5.41, 5.74) is 1.70. The quantitative estimate of drug-likeness (QED) is 0.733. The highest BCUT2D eigenvalue weighted by molar-refractivity contribution is 5.47. The molecule has 1 aromatic carbocycles. The van der Waals surface area contributed by atoms with Gasteiger partial charge in [0.1, 0.15) is 5.75 Å². The minimum absolute atomic E-state index is 0.567. The summed E-state index contributed by atoms with van der Waals surface area (Å²) < 4.78 is 5.66. The molecule has 0 atom stereocenters. The number of fused-ring (bicyclic) bond motifs is 1. The van der Waals surface area contributed by atoms with E-state index in [9.17, 15) is 5.11 Å². The maximum absolute atomic E-state index is 10.1. The second-order valence-electron chi connectivity index (χ2n) is 4.28. The van der Waals surface area contributed by atoms with Gasteiger partial charge in [0.25, 0.3) is 0 Å². The van der Waals surface area contributed by atoms with E-state index in [-0.39, 0.29) is 0 Å². The van der Waals surface area contributed by atoms with Crippen LogP contribution in [0.3, 0.4) is 0 Å². The Balaban J connectivity index is 2.11. The van der Waals surface area contributed by atoms with Crippen molar-refractivity contribution in [2.24, 2.45) is 0 Å². The number of aliphatic hydroxyl groups is 1. The lowest BCUT2D eigenvalue weighted by molar-refractivity contribution is 0.144. The summed E-state index contributed by atoms with van der Waals surface area (Å²) >= 11 is 0. The molecular formula is C12H14O2. The summed E-state index contributed by atoms with van der Waals surface area (Å²) in [6, 6.07) is 6.13. The lowest BCUT2D eigenvalue weighted by Gasteiger charge is -2.22. The van der Waals surface area contributed by atoms with E-state index in [0.717, 1.165) is 43.6 Å². The minimum Gasteiger partial charge on any atom is -0.493 e. The Hall–Kier alpha value is -1.02. The topological polar surface area (TPSA) is 29.5 Å². The highest BCUT2D eigenvalue weighted by Gasteiger charge is 2.44. The number of hydrogen-bond donors (Lipinski definition) is 1. The third-order valence-electron chi connectivity index (χ3n) is 3.16. The van der Waals surface area contributed by atoms with E-state index in [1.165, 1.54) is 5.56 Å². The van der Waals surface area contributed by atoms with E-state index in [1.54, 1.807) is 0 Å². The van der Waals surface area contributed by atoms with Crippen molar-refractivity contribution >= 4 is 0 Å². The monoisotopic (exact) mass is 190 g/mol. The lowest BCUT2D eigenvalue weighted by Crippen LogP contribution is -2.14. The van der Waals surface area contributed by atoms with Gasteiger partial charge in [-0.3, -0.25) is 0 Å². The third kappa shape index (κ3) is 1.14. The number of hydrogen-bond acceptors (Lipinski definition) is 2. The molecule has 1 aliphatic heterocycles. The van der Waals surface area contributed by atoms with Crippen LogP contribution in [0.15, 0.2) is 18.2 Å². The van der Waals surface area contributed by atoms with Crippen LogP contribution in [-0.4, -0.2) is 11.7 Å².